The number of carbonyl (C=O) groups is 1. The molecule has 3 rings (SSSR count). The Balaban J connectivity index is 1.90. The normalized spacial score (nSPS) is 20.6. The monoisotopic (exact) mass is 454 g/mol. The highest BCUT2D eigenvalue weighted by Gasteiger charge is 2.47. The predicted octanol–water partition coefficient (Wildman–Crippen LogP) is 3.61. The van der Waals surface area contributed by atoms with Crippen molar-refractivity contribution in [2.75, 3.05) is 12.8 Å². The van der Waals surface area contributed by atoms with Crippen LogP contribution in [0.15, 0.2) is 54.6 Å². The van der Waals surface area contributed by atoms with Crippen LogP contribution in [-0.2, 0) is 21.2 Å². The number of amides is 1. The van der Waals surface area contributed by atoms with Gasteiger partial charge in [0.25, 0.3) is 0 Å². The lowest BCUT2D eigenvalue weighted by Crippen LogP contribution is -2.50. The molecule has 1 heterocycles. The first-order valence-electron chi connectivity index (χ1n) is 9.94. The van der Waals surface area contributed by atoms with Crippen LogP contribution in [0.4, 0.5) is 13.2 Å². The van der Waals surface area contributed by atoms with Crippen LogP contribution in [0.1, 0.15) is 18.9 Å². The number of sulfonamides is 1. The number of hydrogen-bond acceptors (Lipinski definition) is 3. The molecule has 0 radical (unpaired) electrons. The number of nitrogens with one attached hydrogen (secondary N) is 1. The molecule has 0 spiro atoms. The van der Waals surface area contributed by atoms with Gasteiger partial charge in [-0.05, 0) is 36.5 Å². The van der Waals surface area contributed by atoms with E-state index in [1.165, 1.54) is 4.90 Å². The molecule has 31 heavy (non-hydrogen) atoms. The van der Waals surface area contributed by atoms with E-state index in [9.17, 15) is 26.4 Å². The number of carbonyl (C=O) groups excluding carboxylic acids is 1. The van der Waals surface area contributed by atoms with Crippen molar-refractivity contribution in [3.8, 4) is 11.1 Å². The van der Waals surface area contributed by atoms with E-state index in [0.717, 1.165) is 29.9 Å². The lowest BCUT2D eigenvalue weighted by atomic mass is 9.96. The molecule has 1 unspecified atom stereocenters. The van der Waals surface area contributed by atoms with Crippen LogP contribution in [0.5, 0.6) is 0 Å². The molecule has 168 valence electrons. The summed E-state index contributed by atoms with van der Waals surface area (Å²) in [5.74, 6) is -3.18. The van der Waals surface area contributed by atoms with Gasteiger partial charge >= 0.3 is 6.18 Å². The molecule has 0 saturated carbocycles. The van der Waals surface area contributed by atoms with Gasteiger partial charge in [-0.2, -0.15) is 13.2 Å². The van der Waals surface area contributed by atoms with Crippen LogP contribution in [0, 0.1) is 5.92 Å². The largest absolute Gasteiger partial charge is 0.400 e. The van der Waals surface area contributed by atoms with Gasteiger partial charge in [-0.1, -0.05) is 54.6 Å². The van der Waals surface area contributed by atoms with Gasteiger partial charge < -0.3 is 4.90 Å². The average molecular weight is 455 g/mol. The average Bonchev–Trinajstić information content (AvgIpc) is 3.07. The molecular formula is C22H25F3N2O3S. The van der Waals surface area contributed by atoms with E-state index in [2.05, 4.69) is 4.72 Å². The van der Waals surface area contributed by atoms with Crippen molar-refractivity contribution in [1.82, 2.24) is 9.62 Å². The zero-order chi connectivity index (χ0) is 22.8. The van der Waals surface area contributed by atoms with Crippen LogP contribution < -0.4 is 4.72 Å². The van der Waals surface area contributed by atoms with E-state index in [1.807, 2.05) is 54.6 Å². The maximum Gasteiger partial charge on any atom is 0.400 e. The Morgan fingerprint density at radius 2 is 1.77 bits per heavy atom. The van der Waals surface area contributed by atoms with Crippen molar-refractivity contribution in [3.63, 3.8) is 0 Å². The fourth-order valence-electron chi connectivity index (χ4n) is 3.93. The van der Waals surface area contributed by atoms with Crippen LogP contribution in [0.3, 0.4) is 0 Å². The van der Waals surface area contributed by atoms with Crippen LogP contribution in [-0.4, -0.2) is 50.3 Å². The molecule has 9 heteroatoms. The van der Waals surface area contributed by atoms with E-state index < -0.39 is 40.1 Å². The first-order valence-corrected chi connectivity index (χ1v) is 11.8. The molecule has 5 nitrogen and oxygen atoms in total. The number of nitrogens with zero attached hydrogens (tertiary/aromatic N) is 1. The predicted molar refractivity (Wildman–Crippen MR) is 113 cm³/mol. The molecule has 1 aliphatic heterocycles. The standard InChI is InChI=1S/C22H25F3N2O3S/c1-15(22(23,24)25)21(28)27-12-11-19(26-31(2,29)30)20(27)14-16-7-6-10-18(13-16)17-8-4-3-5-9-17/h3-10,13,15,19-20,26H,11-12,14H2,1-2H3/t15?,19-,20-/m1/s1. The Morgan fingerprint density at radius 3 is 2.39 bits per heavy atom. The molecule has 0 aromatic heterocycles. The van der Waals surface area contributed by atoms with E-state index >= 15 is 0 Å². The van der Waals surface area contributed by atoms with Crippen molar-refractivity contribution in [1.29, 1.82) is 0 Å². The molecule has 0 aliphatic carbocycles. The first kappa shape index (κ1) is 23.3. The van der Waals surface area contributed by atoms with E-state index in [4.69, 9.17) is 0 Å². The second-order valence-corrected chi connectivity index (χ2v) is 9.70. The van der Waals surface area contributed by atoms with Gasteiger partial charge in [-0.25, -0.2) is 13.1 Å². The molecule has 1 saturated heterocycles. The Morgan fingerprint density at radius 1 is 1.13 bits per heavy atom. The van der Waals surface area contributed by atoms with Gasteiger partial charge in [-0.15, -0.1) is 0 Å². The summed E-state index contributed by atoms with van der Waals surface area (Å²) in [4.78, 5) is 13.8. The number of benzene rings is 2. The number of halogens is 3. The van der Waals surface area contributed by atoms with E-state index in [-0.39, 0.29) is 19.4 Å². The van der Waals surface area contributed by atoms with Gasteiger partial charge in [-0.3, -0.25) is 4.79 Å². The lowest BCUT2D eigenvalue weighted by molar-refractivity contribution is -0.186. The summed E-state index contributed by atoms with van der Waals surface area (Å²) in [6.07, 6.45) is -3.16. The minimum Gasteiger partial charge on any atom is -0.337 e. The molecule has 1 aliphatic rings. The first-order chi connectivity index (χ1) is 14.5. The highest BCUT2D eigenvalue weighted by molar-refractivity contribution is 7.88. The lowest BCUT2D eigenvalue weighted by Gasteiger charge is -2.31. The smallest absolute Gasteiger partial charge is 0.337 e. The maximum absolute atomic E-state index is 13.2. The summed E-state index contributed by atoms with van der Waals surface area (Å²) in [5, 5.41) is 0. The van der Waals surface area contributed by atoms with E-state index in [1.54, 1.807) is 0 Å². The van der Waals surface area contributed by atoms with Gasteiger partial charge in [0.15, 0.2) is 0 Å². The summed E-state index contributed by atoms with van der Waals surface area (Å²) in [6, 6.07) is 15.8. The minimum atomic E-state index is -4.66. The molecular weight excluding hydrogens is 429 g/mol. The quantitative estimate of drug-likeness (QED) is 0.725. The summed E-state index contributed by atoms with van der Waals surface area (Å²) < 4.78 is 65.6. The molecule has 2 aromatic carbocycles. The van der Waals surface area contributed by atoms with Gasteiger partial charge in [0.2, 0.25) is 15.9 Å². The minimum absolute atomic E-state index is 0.0650. The van der Waals surface area contributed by atoms with Crippen LogP contribution in [0.25, 0.3) is 11.1 Å². The number of alkyl halides is 3. The van der Waals surface area contributed by atoms with Gasteiger partial charge in [0, 0.05) is 12.6 Å². The highest BCUT2D eigenvalue weighted by atomic mass is 32.2. The Labute approximate surface area is 180 Å². The number of likely N-dealkylation sites (tertiary alicyclic amines) is 1. The second kappa shape index (κ2) is 9.00. The molecule has 2 aromatic rings. The van der Waals surface area contributed by atoms with Crippen molar-refractivity contribution in [2.45, 2.75) is 38.0 Å². The molecule has 3 atom stereocenters. The van der Waals surface area contributed by atoms with E-state index in [0.29, 0.717) is 0 Å². The Kier molecular flexibility index (Phi) is 6.76. The molecule has 0 bridgehead atoms. The third-order valence-corrected chi connectivity index (χ3v) is 6.27. The topological polar surface area (TPSA) is 66.5 Å². The number of rotatable bonds is 6. The number of hydrogen-bond donors (Lipinski definition) is 1. The highest BCUT2D eigenvalue weighted by Crippen LogP contribution is 2.32. The Hall–Kier alpha value is -2.39. The van der Waals surface area contributed by atoms with Crippen molar-refractivity contribution in [2.24, 2.45) is 5.92 Å². The maximum atomic E-state index is 13.2. The van der Waals surface area contributed by atoms with Crippen molar-refractivity contribution >= 4 is 15.9 Å². The zero-order valence-corrected chi connectivity index (χ0v) is 18.1. The Bertz CT molecular complexity index is 1030. The summed E-state index contributed by atoms with van der Waals surface area (Å²) in [5.41, 5.74) is 2.73. The second-order valence-electron chi connectivity index (χ2n) is 7.92. The summed E-state index contributed by atoms with van der Waals surface area (Å²) in [7, 11) is -3.59. The fourth-order valence-corrected chi connectivity index (χ4v) is 4.76. The third-order valence-electron chi connectivity index (χ3n) is 5.53. The molecule has 1 fully saturated rings. The van der Waals surface area contributed by atoms with Crippen LogP contribution in [0.2, 0.25) is 0 Å². The summed E-state index contributed by atoms with van der Waals surface area (Å²) in [6.45, 7) is 0.905. The molecule has 1 N–H and O–H groups in total. The fraction of sp³-hybridized carbons (Fsp3) is 0.409. The van der Waals surface area contributed by atoms with Gasteiger partial charge in [0.1, 0.15) is 5.92 Å². The van der Waals surface area contributed by atoms with Crippen LogP contribution >= 0.6 is 0 Å². The summed E-state index contributed by atoms with van der Waals surface area (Å²) >= 11 is 0. The van der Waals surface area contributed by atoms with Crippen molar-refractivity contribution < 1.29 is 26.4 Å². The molecule has 1 amide bonds. The SMILES string of the molecule is CC(C(=O)N1CC[C@@H](NS(C)(=O)=O)[C@H]1Cc1cccc(-c2ccccc2)c1)C(F)(F)F. The van der Waals surface area contributed by atoms with Crippen molar-refractivity contribution in [3.05, 3.63) is 60.2 Å². The van der Waals surface area contributed by atoms with Gasteiger partial charge in [0.05, 0.1) is 12.3 Å². The zero-order valence-electron chi connectivity index (χ0n) is 17.3. The third kappa shape index (κ3) is 5.86.